The van der Waals surface area contributed by atoms with Crippen molar-refractivity contribution in [3.63, 3.8) is 0 Å². The van der Waals surface area contributed by atoms with E-state index in [2.05, 4.69) is 25.5 Å². The Balaban J connectivity index is 0.000000641. The number of anilines is 5. The van der Waals surface area contributed by atoms with Gasteiger partial charge >= 0.3 is 6.09 Å². The van der Waals surface area contributed by atoms with Crippen molar-refractivity contribution in [2.24, 2.45) is 0 Å². The highest BCUT2D eigenvalue weighted by Gasteiger charge is 2.32. The molecule has 2 aliphatic rings. The summed E-state index contributed by atoms with van der Waals surface area (Å²) in [5.41, 5.74) is 6.00. The molecular formula is C31H42N8O4. The molecule has 4 heterocycles. The third-order valence-corrected chi connectivity index (χ3v) is 6.84. The fourth-order valence-corrected chi connectivity index (χ4v) is 4.71. The van der Waals surface area contributed by atoms with E-state index >= 15 is 0 Å². The number of aldehydes is 1. The van der Waals surface area contributed by atoms with Gasteiger partial charge in [0.15, 0.2) is 0 Å². The summed E-state index contributed by atoms with van der Waals surface area (Å²) in [4.78, 5) is 42.1. The highest BCUT2D eigenvalue weighted by atomic mass is 16.6. The van der Waals surface area contributed by atoms with Gasteiger partial charge in [0.05, 0.1) is 37.2 Å². The number of carbonyl (C=O) groups excluding carboxylic acids is 2. The molecular weight excluding hydrogens is 548 g/mol. The number of pyridine rings is 1. The molecule has 2 N–H and O–H groups in total. The number of rotatable bonds is 6. The summed E-state index contributed by atoms with van der Waals surface area (Å²) in [6, 6.07) is 7.97. The van der Waals surface area contributed by atoms with Crippen molar-refractivity contribution >= 4 is 41.1 Å². The number of nitrogens with one attached hydrogen (secondary N) is 2. The Kier molecular flexibility index (Phi) is 10.0. The van der Waals surface area contributed by atoms with Crippen LogP contribution >= 0.6 is 0 Å². The zero-order valence-corrected chi connectivity index (χ0v) is 26.1. The van der Waals surface area contributed by atoms with Crippen LogP contribution in [0.5, 0.6) is 5.88 Å². The van der Waals surface area contributed by atoms with E-state index in [4.69, 9.17) is 14.5 Å². The summed E-state index contributed by atoms with van der Waals surface area (Å²) in [5, 5.41) is 6.41. The van der Waals surface area contributed by atoms with Crippen LogP contribution in [-0.4, -0.2) is 85.2 Å². The van der Waals surface area contributed by atoms with Gasteiger partial charge in [-0.1, -0.05) is 0 Å². The first-order chi connectivity index (χ1) is 20.5. The number of benzene rings is 1. The Labute approximate surface area is 253 Å². The molecule has 12 nitrogen and oxygen atoms in total. The summed E-state index contributed by atoms with van der Waals surface area (Å²) in [6.45, 7) is 10.3. The van der Waals surface area contributed by atoms with Crippen LogP contribution in [0.15, 0.2) is 36.7 Å². The van der Waals surface area contributed by atoms with E-state index in [9.17, 15) is 9.59 Å². The standard InChI is InChI=1S/C27H33N7O3.C4H9NO/c1-17-22(15-29-24-23(17)34(12-13-36-24)26(35)37-27(2,3)4)33-11-10-18-14-30-25(32-21(18)16-33)31-20-8-6-19(28-5)7-9-20;1-5(2)3-4-6/h6-9,14-15,28H,10-13,16H2,1-5H3,(H,30,31,32);4H,3H2,1-2H3. The molecule has 0 spiro atoms. The molecule has 0 atom stereocenters. The molecule has 0 radical (unpaired) electrons. The molecule has 0 unspecified atom stereocenters. The fourth-order valence-electron chi connectivity index (χ4n) is 4.71. The number of likely N-dealkylation sites (N-methyl/N-ethyl adjacent to an activating group) is 1. The number of hydrogen-bond donors (Lipinski definition) is 2. The van der Waals surface area contributed by atoms with Gasteiger partial charge in [-0.25, -0.2) is 19.7 Å². The zero-order valence-electron chi connectivity index (χ0n) is 26.1. The van der Waals surface area contributed by atoms with Gasteiger partial charge in [0, 0.05) is 36.7 Å². The van der Waals surface area contributed by atoms with E-state index in [-0.39, 0.29) is 0 Å². The van der Waals surface area contributed by atoms with Crippen LogP contribution in [-0.2, 0) is 22.5 Å². The van der Waals surface area contributed by atoms with Gasteiger partial charge in [-0.05, 0) is 78.0 Å². The molecule has 2 aromatic heterocycles. The van der Waals surface area contributed by atoms with Crippen LogP contribution in [0.25, 0.3) is 0 Å². The number of fused-ring (bicyclic) bond motifs is 2. The topological polar surface area (TPSA) is 125 Å². The quantitative estimate of drug-likeness (QED) is 0.397. The molecule has 0 bridgehead atoms. The largest absolute Gasteiger partial charge is 0.474 e. The van der Waals surface area contributed by atoms with E-state index < -0.39 is 11.7 Å². The highest BCUT2D eigenvalue weighted by Crippen LogP contribution is 2.39. The first kappa shape index (κ1) is 31.5. The molecule has 12 heteroatoms. The van der Waals surface area contributed by atoms with Crippen LogP contribution in [0.1, 0.15) is 37.6 Å². The van der Waals surface area contributed by atoms with Gasteiger partial charge in [0.25, 0.3) is 0 Å². The second-order valence-corrected chi connectivity index (χ2v) is 11.6. The third kappa shape index (κ3) is 8.10. The predicted molar refractivity (Wildman–Crippen MR) is 169 cm³/mol. The Morgan fingerprint density at radius 1 is 1.12 bits per heavy atom. The summed E-state index contributed by atoms with van der Waals surface area (Å²) in [5.74, 6) is 1.01. The fraction of sp³-hybridized carbons (Fsp3) is 0.452. The molecule has 0 saturated heterocycles. The first-order valence-electron chi connectivity index (χ1n) is 14.3. The van der Waals surface area contributed by atoms with Gasteiger partial charge in [0.2, 0.25) is 11.8 Å². The van der Waals surface area contributed by atoms with E-state index in [0.29, 0.717) is 43.8 Å². The molecule has 1 aromatic carbocycles. The smallest absolute Gasteiger partial charge is 0.415 e. The van der Waals surface area contributed by atoms with Crippen molar-refractivity contribution in [3.05, 3.63) is 53.5 Å². The van der Waals surface area contributed by atoms with Crippen molar-refractivity contribution in [3.8, 4) is 5.88 Å². The number of aromatic nitrogens is 3. The molecule has 0 fully saturated rings. The van der Waals surface area contributed by atoms with Crippen LogP contribution < -0.4 is 25.2 Å². The van der Waals surface area contributed by atoms with Gasteiger partial charge in [-0.2, -0.15) is 0 Å². The molecule has 1 amide bonds. The molecule has 0 saturated carbocycles. The predicted octanol–water partition coefficient (Wildman–Crippen LogP) is 4.41. The van der Waals surface area contributed by atoms with Gasteiger partial charge < -0.3 is 34.7 Å². The summed E-state index contributed by atoms with van der Waals surface area (Å²) in [7, 11) is 5.60. The van der Waals surface area contributed by atoms with Crippen LogP contribution in [0.3, 0.4) is 0 Å². The maximum Gasteiger partial charge on any atom is 0.415 e. The van der Waals surface area contributed by atoms with Crippen molar-refractivity contribution < 1.29 is 19.1 Å². The number of carbonyl (C=O) groups is 2. The maximum absolute atomic E-state index is 13.0. The van der Waals surface area contributed by atoms with Crippen molar-refractivity contribution in [1.82, 2.24) is 19.9 Å². The second kappa shape index (κ2) is 13.7. The van der Waals surface area contributed by atoms with Crippen molar-refractivity contribution in [1.29, 1.82) is 0 Å². The van der Waals surface area contributed by atoms with Crippen LogP contribution in [0.2, 0.25) is 0 Å². The Hall–Kier alpha value is -4.45. The lowest BCUT2D eigenvalue weighted by Gasteiger charge is -2.35. The summed E-state index contributed by atoms with van der Waals surface area (Å²) < 4.78 is 11.4. The van der Waals surface area contributed by atoms with Crippen LogP contribution in [0.4, 0.5) is 33.5 Å². The SMILES string of the molecule is CN(C)CC=O.CNc1ccc(Nc2ncc3c(n2)CN(c2cnc4c(c2C)N(C(=O)OC(C)(C)C)CCO4)CC3)cc1. The van der Waals surface area contributed by atoms with Gasteiger partial charge in [-0.3, -0.25) is 4.90 Å². The first-order valence-corrected chi connectivity index (χ1v) is 14.3. The lowest BCUT2D eigenvalue weighted by atomic mass is 10.0. The monoisotopic (exact) mass is 590 g/mol. The van der Waals surface area contributed by atoms with Gasteiger partial charge in [0.1, 0.15) is 24.2 Å². The number of nitrogens with zero attached hydrogens (tertiary/aromatic N) is 6. The lowest BCUT2D eigenvalue weighted by Crippen LogP contribution is -2.42. The Morgan fingerprint density at radius 3 is 2.47 bits per heavy atom. The maximum atomic E-state index is 13.0. The molecule has 43 heavy (non-hydrogen) atoms. The molecule has 0 aliphatic carbocycles. The summed E-state index contributed by atoms with van der Waals surface area (Å²) in [6.07, 6.45) is 5.02. The molecule has 230 valence electrons. The average molecular weight is 591 g/mol. The zero-order chi connectivity index (χ0) is 31.1. The number of hydrogen-bond acceptors (Lipinski definition) is 11. The van der Waals surface area contributed by atoms with Crippen molar-refractivity contribution in [2.45, 2.75) is 46.3 Å². The molecule has 3 aromatic rings. The minimum atomic E-state index is -0.592. The third-order valence-electron chi connectivity index (χ3n) is 6.84. The molecule has 2 aliphatic heterocycles. The highest BCUT2D eigenvalue weighted by molar-refractivity contribution is 5.92. The van der Waals surface area contributed by atoms with Gasteiger partial charge in [-0.15, -0.1) is 0 Å². The minimum absolute atomic E-state index is 0.375. The van der Waals surface area contributed by atoms with Crippen LogP contribution in [0, 0.1) is 6.92 Å². The van der Waals surface area contributed by atoms with E-state index in [1.54, 1.807) is 4.90 Å². The number of amides is 1. The van der Waals surface area contributed by atoms with E-state index in [1.165, 1.54) is 0 Å². The lowest BCUT2D eigenvalue weighted by molar-refractivity contribution is -0.108. The Bertz CT molecular complexity index is 1420. The van der Waals surface area contributed by atoms with Crippen molar-refractivity contribution in [2.75, 3.05) is 67.8 Å². The second-order valence-electron chi connectivity index (χ2n) is 11.6. The normalized spacial score (nSPS) is 14.0. The van der Waals surface area contributed by atoms with E-state index in [0.717, 1.165) is 53.1 Å². The summed E-state index contributed by atoms with van der Waals surface area (Å²) >= 11 is 0. The Morgan fingerprint density at radius 2 is 1.84 bits per heavy atom. The average Bonchev–Trinajstić information content (AvgIpc) is 2.96. The minimum Gasteiger partial charge on any atom is -0.474 e. The van der Waals surface area contributed by atoms with E-state index in [1.807, 2.05) is 90.4 Å². The molecule has 5 rings (SSSR count). The number of ether oxygens (including phenoxy) is 2.